The normalized spacial score (nSPS) is 15.2. The number of aryl methyl sites for hydroxylation is 1. The number of carbonyl (C=O) groups is 3. The maximum Gasteiger partial charge on any atom is 0.410 e. The summed E-state index contributed by atoms with van der Waals surface area (Å²) in [5.74, 6) is -0.203. The molecule has 10 nitrogen and oxygen atoms in total. The Hall–Kier alpha value is -4.99. The Labute approximate surface area is 257 Å². The number of aromatic nitrogens is 3. The lowest BCUT2D eigenvalue weighted by atomic mass is 9.94. The number of hydrogen-bond acceptors (Lipinski definition) is 6. The lowest BCUT2D eigenvalue weighted by Gasteiger charge is -2.40. The number of piperazine rings is 1. The minimum Gasteiger partial charge on any atom is -0.444 e. The van der Waals surface area contributed by atoms with E-state index in [1.165, 1.54) is 0 Å². The molecule has 1 saturated heterocycles. The monoisotopic (exact) mass is 594 g/mol. The first-order chi connectivity index (χ1) is 20.9. The highest BCUT2D eigenvalue weighted by Gasteiger charge is 2.33. The highest BCUT2D eigenvalue weighted by atomic mass is 16.6. The van der Waals surface area contributed by atoms with Crippen molar-refractivity contribution in [3.05, 3.63) is 101 Å². The van der Waals surface area contributed by atoms with Gasteiger partial charge in [-0.25, -0.2) is 14.5 Å². The third-order valence-corrected chi connectivity index (χ3v) is 7.52. The predicted molar refractivity (Wildman–Crippen MR) is 168 cm³/mol. The standard InChI is InChI=1S/C34H38N6O4/c1-22-21-38(17-18-39(22)33(43)44-34(3,4)5)32(42)29-20-25(13-16-28(29)26-9-7-6-8-10-26)19-24-11-14-27(15-12-24)40-23(2)36-31(37-40)30(35)41/h6-16,20,22H,17-19,21H2,1-5H3,(H2,35,41)/t22-/m0/s1. The second kappa shape index (κ2) is 12.3. The van der Waals surface area contributed by atoms with E-state index < -0.39 is 11.5 Å². The van der Waals surface area contributed by atoms with Gasteiger partial charge in [-0.2, -0.15) is 0 Å². The molecular weight excluding hydrogens is 556 g/mol. The molecule has 228 valence electrons. The van der Waals surface area contributed by atoms with Crippen molar-refractivity contribution in [2.75, 3.05) is 19.6 Å². The van der Waals surface area contributed by atoms with Gasteiger partial charge in [-0.05, 0) is 81.5 Å². The van der Waals surface area contributed by atoms with E-state index in [0.29, 0.717) is 37.4 Å². The summed E-state index contributed by atoms with van der Waals surface area (Å²) in [6.45, 7) is 10.5. The number of nitrogens with zero attached hydrogens (tertiary/aromatic N) is 5. The molecule has 1 aliphatic heterocycles. The van der Waals surface area contributed by atoms with Crippen LogP contribution in [0.1, 0.15) is 65.6 Å². The van der Waals surface area contributed by atoms with Crippen molar-refractivity contribution in [1.29, 1.82) is 0 Å². The van der Waals surface area contributed by atoms with E-state index in [1.807, 2.05) is 99.3 Å². The van der Waals surface area contributed by atoms with Crippen LogP contribution in [0.15, 0.2) is 72.8 Å². The van der Waals surface area contributed by atoms with Gasteiger partial charge in [0, 0.05) is 31.2 Å². The molecule has 0 saturated carbocycles. The van der Waals surface area contributed by atoms with Crippen molar-refractivity contribution in [2.24, 2.45) is 5.73 Å². The van der Waals surface area contributed by atoms with E-state index in [-0.39, 0.29) is 23.9 Å². The SMILES string of the molecule is Cc1nc(C(N)=O)nn1-c1ccc(Cc2ccc(-c3ccccc3)c(C(=O)N3CCN(C(=O)OC(C)(C)C)[C@@H](C)C3)c2)cc1. The van der Waals surface area contributed by atoms with Gasteiger partial charge in [0.1, 0.15) is 11.4 Å². The maximum atomic E-state index is 14.1. The van der Waals surface area contributed by atoms with Crippen molar-refractivity contribution in [1.82, 2.24) is 24.6 Å². The number of nitrogens with two attached hydrogens (primary N) is 1. The molecule has 2 N–H and O–H groups in total. The molecule has 0 spiro atoms. The number of ether oxygens (including phenoxy) is 1. The molecule has 0 unspecified atom stereocenters. The van der Waals surface area contributed by atoms with Crippen LogP contribution in [0, 0.1) is 6.92 Å². The van der Waals surface area contributed by atoms with Crippen molar-refractivity contribution < 1.29 is 19.1 Å². The average molecular weight is 595 g/mol. The second-order valence-electron chi connectivity index (χ2n) is 12.1. The van der Waals surface area contributed by atoms with Gasteiger partial charge < -0.3 is 20.3 Å². The Morgan fingerprint density at radius 2 is 1.64 bits per heavy atom. The summed E-state index contributed by atoms with van der Waals surface area (Å²) >= 11 is 0. The van der Waals surface area contributed by atoms with E-state index >= 15 is 0 Å². The number of rotatable bonds is 6. The molecule has 1 aromatic heterocycles. The summed E-state index contributed by atoms with van der Waals surface area (Å²) in [6, 6.07) is 23.6. The van der Waals surface area contributed by atoms with Gasteiger partial charge in [-0.3, -0.25) is 9.59 Å². The number of amides is 3. The Balaban J connectivity index is 1.38. The zero-order valence-corrected chi connectivity index (χ0v) is 25.8. The van der Waals surface area contributed by atoms with Crippen molar-refractivity contribution in [3.63, 3.8) is 0 Å². The summed E-state index contributed by atoms with van der Waals surface area (Å²) < 4.78 is 7.17. The molecule has 44 heavy (non-hydrogen) atoms. The lowest BCUT2D eigenvalue weighted by Crippen LogP contribution is -2.56. The fraction of sp³-hybridized carbons (Fsp3) is 0.324. The largest absolute Gasteiger partial charge is 0.444 e. The first-order valence-electron chi connectivity index (χ1n) is 14.7. The minimum absolute atomic E-state index is 0.0251. The predicted octanol–water partition coefficient (Wildman–Crippen LogP) is 5.01. The van der Waals surface area contributed by atoms with Crippen LogP contribution >= 0.6 is 0 Å². The van der Waals surface area contributed by atoms with Gasteiger partial charge in [-0.1, -0.05) is 54.6 Å². The molecule has 5 rings (SSSR count). The van der Waals surface area contributed by atoms with Crippen LogP contribution in [-0.4, -0.2) is 73.7 Å². The maximum absolute atomic E-state index is 14.1. The van der Waals surface area contributed by atoms with Gasteiger partial charge in [0.05, 0.1) is 5.69 Å². The quantitative estimate of drug-likeness (QED) is 0.335. The molecule has 2 heterocycles. The summed E-state index contributed by atoms with van der Waals surface area (Å²) in [5.41, 5.74) is 10.0. The second-order valence-corrected chi connectivity index (χ2v) is 12.1. The van der Waals surface area contributed by atoms with Gasteiger partial charge in [0.2, 0.25) is 5.82 Å². The molecular formula is C34H38N6O4. The molecule has 1 fully saturated rings. The Kier molecular flexibility index (Phi) is 8.53. The van der Waals surface area contributed by atoms with Crippen LogP contribution in [0.2, 0.25) is 0 Å². The van der Waals surface area contributed by atoms with Crippen molar-refractivity contribution >= 4 is 17.9 Å². The van der Waals surface area contributed by atoms with E-state index in [1.54, 1.807) is 16.5 Å². The number of primary amides is 1. The highest BCUT2D eigenvalue weighted by molar-refractivity contribution is 6.01. The van der Waals surface area contributed by atoms with Crippen LogP contribution in [0.5, 0.6) is 0 Å². The van der Waals surface area contributed by atoms with Crippen LogP contribution < -0.4 is 5.73 Å². The number of hydrogen-bond donors (Lipinski definition) is 1. The van der Waals surface area contributed by atoms with Crippen molar-refractivity contribution in [2.45, 2.75) is 52.7 Å². The third-order valence-electron chi connectivity index (χ3n) is 7.52. The van der Waals surface area contributed by atoms with E-state index in [4.69, 9.17) is 10.5 Å². The van der Waals surface area contributed by atoms with Gasteiger partial charge in [0.15, 0.2) is 0 Å². The third kappa shape index (κ3) is 6.80. The van der Waals surface area contributed by atoms with E-state index in [9.17, 15) is 14.4 Å². The van der Waals surface area contributed by atoms with Crippen LogP contribution in [-0.2, 0) is 11.2 Å². The zero-order chi connectivity index (χ0) is 31.6. The molecule has 10 heteroatoms. The van der Waals surface area contributed by atoms with Gasteiger partial charge >= 0.3 is 6.09 Å². The van der Waals surface area contributed by atoms with E-state index in [0.717, 1.165) is 27.9 Å². The summed E-state index contributed by atoms with van der Waals surface area (Å²) in [6.07, 6.45) is 0.254. The van der Waals surface area contributed by atoms with Gasteiger partial charge in [-0.15, -0.1) is 5.10 Å². The highest BCUT2D eigenvalue weighted by Crippen LogP contribution is 2.28. The topological polar surface area (TPSA) is 124 Å². The molecule has 0 radical (unpaired) electrons. The van der Waals surface area contributed by atoms with Crippen molar-refractivity contribution in [3.8, 4) is 16.8 Å². The first-order valence-corrected chi connectivity index (χ1v) is 14.7. The average Bonchev–Trinajstić information content (AvgIpc) is 3.38. The zero-order valence-electron chi connectivity index (χ0n) is 25.8. The Bertz CT molecular complexity index is 1670. The van der Waals surface area contributed by atoms with Crippen LogP contribution in [0.4, 0.5) is 4.79 Å². The Morgan fingerprint density at radius 1 is 0.955 bits per heavy atom. The Morgan fingerprint density at radius 3 is 2.25 bits per heavy atom. The summed E-state index contributed by atoms with van der Waals surface area (Å²) in [5, 5.41) is 4.20. The molecule has 0 aliphatic carbocycles. The van der Waals surface area contributed by atoms with E-state index in [2.05, 4.69) is 16.1 Å². The molecule has 1 aliphatic rings. The number of benzene rings is 3. The molecule has 3 amide bonds. The van der Waals surface area contributed by atoms with Crippen LogP contribution in [0.3, 0.4) is 0 Å². The number of carbonyl (C=O) groups excluding carboxylic acids is 3. The van der Waals surface area contributed by atoms with Gasteiger partial charge in [0.25, 0.3) is 11.8 Å². The summed E-state index contributed by atoms with van der Waals surface area (Å²) in [4.78, 5) is 46.0. The molecule has 3 aromatic carbocycles. The minimum atomic E-state index is -0.674. The fourth-order valence-electron chi connectivity index (χ4n) is 5.38. The lowest BCUT2D eigenvalue weighted by molar-refractivity contribution is 0.00199. The fourth-order valence-corrected chi connectivity index (χ4v) is 5.38. The molecule has 1 atom stereocenters. The first kappa shape index (κ1) is 30.5. The van der Waals surface area contributed by atoms with Crippen LogP contribution in [0.25, 0.3) is 16.8 Å². The molecule has 4 aromatic rings. The molecule has 0 bridgehead atoms. The smallest absolute Gasteiger partial charge is 0.410 e. The summed E-state index contributed by atoms with van der Waals surface area (Å²) in [7, 11) is 0.